The van der Waals surface area contributed by atoms with Crippen LogP contribution in [-0.2, 0) is 4.79 Å². The molecular formula is C10H8NO3S-. The second-order valence-electron chi connectivity index (χ2n) is 2.77. The number of hydrogen-bond donors (Lipinski definition) is 2. The summed E-state index contributed by atoms with van der Waals surface area (Å²) in [6.45, 7) is 0. The van der Waals surface area contributed by atoms with Crippen LogP contribution < -0.4 is 10.8 Å². The van der Waals surface area contributed by atoms with E-state index in [2.05, 4.69) is 12.2 Å². The Labute approximate surface area is 91.7 Å². The summed E-state index contributed by atoms with van der Waals surface area (Å²) >= 11 is 4.56. The van der Waals surface area contributed by atoms with Crippen LogP contribution >= 0.6 is 12.2 Å². The van der Waals surface area contributed by atoms with Crippen LogP contribution in [0.25, 0.3) is 6.08 Å². The van der Waals surface area contributed by atoms with Crippen LogP contribution in [0, 0.1) is 0 Å². The minimum absolute atomic E-state index is 0.242. The average molecular weight is 222 g/mol. The first-order valence-electron chi connectivity index (χ1n) is 4.03. The topological polar surface area (TPSA) is 86.4 Å². The number of carbonyl (C=O) groups is 1. The van der Waals surface area contributed by atoms with Crippen molar-refractivity contribution in [3.63, 3.8) is 0 Å². The van der Waals surface area contributed by atoms with E-state index in [0.717, 1.165) is 0 Å². The van der Waals surface area contributed by atoms with E-state index >= 15 is 0 Å². The van der Waals surface area contributed by atoms with Gasteiger partial charge in [0, 0.05) is 0 Å². The molecule has 78 valence electrons. The molecular weight excluding hydrogens is 214 g/mol. The largest absolute Gasteiger partial charge is 0.872 e. The first-order chi connectivity index (χ1) is 7.02. The van der Waals surface area contributed by atoms with Gasteiger partial charge < -0.3 is 15.9 Å². The number of thiocarbonyl (C=S) groups is 1. The van der Waals surface area contributed by atoms with Crippen molar-refractivity contribution in [2.75, 3.05) is 0 Å². The van der Waals surface area contributed by atoms with Crippen LogP contribution in [0.4, 0.5) is 0 Å². The van der Waals surface area contributed by atoms with Crippen LogP contribution in [-0.4, -0.2) is 16.1 Å². The zero-order valence-electron chi connectivity index (χ0n) is 7.64. The maximum atomic E-state index is 11.3. The lowest BCUT2D eigenvalue weighted by atomic mass is 10.1. The quantitative estimate of drug-likeness (QED) is 0.575. The highest BCUT2D eigenvalue weighted by atomic mass is 32.1. The van der Waals surface area contributed by atoms with Crippen molar-refractivity contribution in [3.05, 3.63) is 35.4 Å². The maximum Gasteiger partial charge on any atom is 0.338 e. The standard InChI is InChI=1S/C10H9NO3S/c11-9(15)7(10(13)14)5-6-3-1-2-4-8(6)12/h1-5,12H,(H2,11,15)(H,13,14)/p-1/b7-5-. The van der Waals surface area contributed by atoms with Gasteiger partial charge in [-0.05, 0) is 11.6 Å². The number of aliphatic carboxylic acids is 1. The molecule has 0 spiro atoms. The van der Waals surface area contributed by atoms with Gasteiger partial charge in [-0.3, -0.25) is 0 Å². The van der Waals surface area contributed by atoms with Crippen LogP contribution in [0.5, 0.6) is 5.75 Å². The van der Waals surface area contributed by atoms with E-state index in [-0.39, 0.29) is 21.9 Å². The lowest BCUT2D eigenvalue weighted by Crippen LogP contribution is -2.18. The van der Waals surface area contributed by atoms with Gasteiger partial charge in [-0.2, -0.15) is 0 Å². The smallest absolute Gasteiger partial charge is 0.338 e. The number of carboxylic acid groups (broad SMARTS) is 1. The molecule has 0 radical (unpaired) electrons. The number of nitrogens with two attached hydrogens (primary N) is 1. The van der Waals surface area contributed by atoms with Crippen molar-refractivity contribution in [1.82, 2.24) is 0 Å². The molecule has 1 rings (SSSR count). The second kappa shape index (κ2) is 4.56. The Hall–Kier alpha value is -1.88. The Balaban J connectivity index is 3.19. The van der Waals surface area contributed by atoms with Crippen LogP contribution in [0.2, 0.25) is 0 Å². The third-order valence-corrected chi connectivity index (χ3v) is 1.93. The Bertz CT molecular complexity index is 424. The lowest BCUT2D eigenvalue weighted by molar-refractivity contribution is -0.268. The van der Waals surface area contributed by atoms with E-state index in [1.165, 1.54) is 18.2 Å². The summed E-state index contributed by atoms with van der Waals surface area (Å²) in [6.07, 6.45) is 1.17. The minimum atomic E-state index is -1.24. The van der Waals surface area contributed by atoms with Gasteiger partial charge in [0.25, 0.3) is 0 Å². The van der Waals surface area contributed by atoms with Gasteiger partial charge in [0.2, 0.25) is 0 Å². The van der Waals surface area contributed by atoms with Crippen molar-refractivity contribution in [2.45, 2.75) is 0 Å². The first kappa shape index (κ1) is 11.2. The van der Waals surface area contributed by atoms with Crippen LogP contribution in [0.15, 0.2) is 29.8 Å². The third kappa shape index (κ3) is 2.78. The molecule has 1 aromatic carbocycles. The molecule has 0 fully saturated rings. The Morgan fingerprint density at radius 1 is 1.47 bits per heavy atom. The third-order valence-electron chi connectivity index (χ3n) is 1.71. The second-order valence-corrected chi connectivity index (χ2v) is 3.21. The summed E-state index contributed by atoms with van der Waals surface area (Å²) in [6, 6.07) is 6.04. The maximum absolute atomic E-state index is 11.3. The molecule has 0 amide bonds. The molecule has 5 heteroatoms. The van der Waals surface area contributed by atoms with E-state index in [0.29, 0.717) is 0 Å². The minimum Gasteiger partial charge on any atom is -0.872 e. The summed E-state index contributed by atoms with van der Waals surface area (Å²) in [7, 11) is 0. The van der Waals surface area contributed by atoms with Gasteiger partial charge in [0.05, 0.1) is 5.57 Å². The summed E-state index contributed by atoms with van der Waals surface area (Å²) < 4.78 is 0. The number of benzene rings is 1. The molecule has 0 atom stereocenters. The van der Waals surface area contributed by atoms with Gasteiger partial charge in [0.15, 0.2) is 0 Å². The van der Waals surface area contributed by atoms with Crippen LogP contribution in [0.3, 0.4) is 0 Å². The van der Waals surface area contributed by atoms with Crippen LogP contribution in [0.1, 0.15) is 5.56 Å². The molecule has 4 nitrogen and oxygen atoms in total. The highest BCUT2D eigenvalue weighted by Crippen LogP contribution is 2.16. The van der Waals surface area contributed by atoms with Gasteiger partial charge in [-0.15, -0.1) is 5.75 Å². The van der Waals surface area contributed by atoms with Crippen molar-refractivity contribution in [1.29, 1.82) is 0 Å². The van der Waals surface area contributed by atoms with Crippen molar-refractivity contribution < 1.29 is 15.0 Å². The summed E-state index contributed by atoms with van der Waals surface area (Å²) in [5.74, 6) is -1.52. The van der Waals surface area contributed by atoms with E-state index in [9.17, 15) is 9.90 Å². The van der Waals surface area contributed by atoms with E-state index in [4.69, 9.17) is 10.8 Å². The molecule has 0 aliphatic heterocycles. The molecule has 0 saturated carbocycles. The summed E-state index contributed by atoms with van der Waals surface area (Å²) in [5.41, 5.74) is 5.23. The molecule has 3 N–H and O–H groups in total. The Morgan fingerprint density at radius 3 is 2.53 bits per heavy atom. The van der Waals surface area contributed by atoms with Crippen molar-refractivity contribution >= 4 is 29.3 Å². The lowest BCUT2D eigenvalue weighted by Gasteiger charge is -2.09. The zero-order valence-corrected chi connectivity index (χ0v) is 8.45. The normalized spacial score (nSPS) is 11.1. The highest BCUT2D eigenvalue weighted by Gasteiger charge is 2.09. The number of carboxylic acids is 1. The number of para-hydroxylation sites is 1. The number of hydrogen-bond acceptors (Lipinski definition) is 3. The average Bonchev–Trinajstić information content (AvgIpc) is 2.15. The molecule has 15 heavy (non-hydrogen) atoms. The summed E-state index contributed by atoms with van der Waals surface area (Å²) in [4.78, 5) is 10.5. The van der Waals surface area contributed by atoms with Gasteiger partial charge in [-0.1, -0.05) is 36.5 Å². The van der Waals surface area contributed by atoms with Crippen molar-refractivity contribution in [2.24, 2.45) is 5.73 Å². The molecule has 0 unspecified atom stereocenters. The Kier molecular flexibility index (Phi) is 3.41. The summed E-state index contributed by atoms with van der Waals surface area (Å²) in [5, 5.41) is 20.0. The fourth-order valence-corrected chi connectivity index (χ4v) is 1.14. The zero-order chi connectivity index (χ0) is 11.4. The molecule has 0 bridgehead atoms. The van der Waals surface area contributed by atoms with E-state index < -0.39 is 5.97 Å². The fourth-order valence-electron chi connectivity index (χ4n) is 0.994. The van der Waals surface area contributed by atoms with E-state index in [1.54, 1.807) is 12.1 Å². The molecule has 0 heterocycles. The first-order valence-corrected chi connectivity index (χ1v) is 4.44. The number of rotatable bonds is 3. The molecule has 0 aromatic heterocycles. The van der Waals surface area contributed by atoms with Gasteiger partial charge in [0.1, 0.15) is 4.99 Å². The van der Waals surface area contributed by atoms with E-state index in [1.807, 2.05) is 0 Å². The Morgan fingerprint density at radius 2 is 2.07 bits per heavy atom. The predicted molar refractivity (Wildman–Crippen MR) is 58.3 cm³/mol. The molecule has 0 saturated heterocycles. The molecule has 1 aromatic rings. The highest BCUT2D eigenvalue weighted by molar-refractivity contribution is 7.80. The van der Waals surface area contributed by atoms with Gasteiger partial charge >= 0.3 is 5.97 Å². The molecule has 0 aliphatic rings. The van der Waals surface area contributed by atoms with Gasteiger partial charge in [-0.25, -0.2) is 4.79 Å². The molecule has 0 aliphatic carbocycles. The SMILES string of the molecule is NC(=S)/C(=C/c1ccccc1[O-])C(=O)O. The predicted octanol–water partition coefficient (Wildman–Crippen LogP) is 0.514. The van der Waals surface area contributed by atoms with Crippen molar-refractivity contribution in [3.8, 4) is 5.75 Å². The fraction of sp³-hybridized carbons (Fsp3) is 0. The monoisotopic (exact) mass is 222 g/mol.